The number of carboxylic acids is 1. The highest BCUT2D eigenvalue weighted by Gasteiger charge is 2.13. The van der Waals surface area contributed by atoms with Crippen LogP contribution in [0.5, 0.6) is 0 Å². The maximum Gasteiger partial charge on any atom is 0.354 e. The van der Waals surface area contributed by atoms with Crippen molar-refractivity contribution in [3.05, 3.63) is 46.7 Å². The number of anilines is 1. The molecule has 2 N–H and O–H groups in total. The van der Waals surface area contributed by atoms with E-state index in [2.05, 4.69) is 26.3 Å². The summed E-state index contributed by atoms with van der Waals surface area (Å²) in [5.41, 5.74) is 0.614. The summed E-state index contributed by atoms with van der Waals surface area (Å²) in [7, 11) is 0. The minimum Gasteiger partial charge on any atom is -0.477 e. The van der Waals surface area contributed by atoms with Gasteiger partial charge in [-0.3, -0.25) is 4.79 Å². The Morgan fingerprint density at radius 3 is 2.58 bits per heavy atom. The lowest BCUT2D eigenvalue weighted by molar-refractivity contribution is -0.116. The lowest BCUT2D eigenvalue weighted by atomic mass is 10.3. The standard InChI is InChI=1S/C12H10BrN3O3/c13-8-1-3-9(4-2-8)15-11(17)7-16-10(12(18)19)5-6-14-16/h1-6H,7H2,(H,15,17)(H,18,19). The van der Waals surface area contributed by atoms with E-state index in [0.29, 0.717) is 5.69 Å². The molecule has 2 rings (SSSR count). The largest absolute Gasteiger partial charge is 0.477 e. The fourth-order valence-electron chi connectivity index (χ4n) is 1.51. The third kappa shape index (κ3) is 3.41. The van der Waals surface area contributed by atoms with Crippen LogP contribution in [0.25, 0.3) is 0 Å². The molecular formula is C12H10BrN3O3. The predicted octanol–water partition coefficient (Wildman–Crippen LogP) is 1.98. The van der Waals surface area contributed by atoms with Crippen LogP contribution in [0, 0.1) is 0 Å². The van der Waals surface area contributed by atoms with Gasteiger partial charge < -0.3 is 10.4 Å². The van der Waals surface area contributed by atoms with E-state index in [9.17, 15) is 9.59 Å². The first-order chi connectivity index (χ1) is 9.06. The van der Waals surface area contributed by atoms with Gasteiger partial charge in [-0.05, 0) is 30.3 Å². The van der Waals surface area contributed by atoms with E-state index in [-0.39, 0.29) is 18.1 Å². The van der Waals surface area contributed by atoms with Gasteiger partial charge in [0.2, 0.25) is 5.91 Å². The smallest absolute Gasteiger partial charge is 0.354 e. The normalized spacial score (nSPS) is 10.2. The number of hydrogen-bond donors (Lipinski definition) is 2. The van der Waals surface area contributed by atoms with Gasteiger partial charge in [0.05, 0.1) is 0 Å². The molecule has 0 aliphatic heterocycles. The Hall–Kier alpha value is -2.15. The fourth-order valence-corrected chi connectivity index (χ4v) is 1.77. The van der Waals surface area contributed by atoms with Gasteiger partial charge in [-0.25, -0.2) is 9.48 Å². The van der Waals surface area contributed by atoms with Gasteiger partial charge in [0.25, 0.3) is 0 Å². The van der Waals surface area contributed by atoms with Crippen molar-refractivity contribution in [1.29, 1.82) is 0 Å². The summed E-state index contributed by atoms with van der Waals surface area (Å²) in [4.78, 5) is 22.6. The number of aromatic nitrogens is 2. The highest BCUT2D eigenvalue weighted by atomic mass is 79.9. The summed E-state index contributed by atoms with van der Waals surface area (Å²) >= 11 is 3.29. The van der Waals surface area contributed by atoms with E-state index in [1.165, 1.54) is 12.3 Å². The summed E-state index contributed by atoms with van der Waals surface area (Å²) in [5, 5.41) is 15.4. The fraction of sp³-hybridized carbons (Fsp3) is 0.0833. The molecule has 0 atom stereocenters. The molecule has 0 fully saturated rings. The maximum atomic E-state index is 11.8. The van der Waals surface area contributed by atoms with Crippen molar-refractivity contribution >= 4 is 33.5 Å². The van der Waals surface area contributed by atoms with E-state index in [1.807, 2.05) is 0 Å². The zero-order valence-electron chi connectivity index (χ0n) is 9.71. The number of halogens is 1. The molecule has 1 heterocycles. The van der Waals surface area contributed by atoms with Crippen molar-refractivity contribution in [1.82, 2.24) is 9.78 Å². The molecule has 1 amide bonds. The van der Waals surface area contributed by atoms with Gasteiger partial charge in [-0.1, -0.05) is 15.9 Å². The molecule has 0 spiro atoms. The predicted molar refractivity (Wildman–Crippen MR) is 72.0 cm³/mol. The first-order valence-corrected chi connectivity index (χ1v) is 6.16. The van der Waals surface area contributed by atoms with Crippen molar-refractivity contribution in [2.45, 2.75) is 6.54 Å². The molecule has 0 saturated heterocycles. The Morgan fingerprint density at radius 1 is 1.26 bits per heavy atom. The van der Waals surface area contributed by atoms with Crippen LogP contribution in [-0.4, -0.2) is 26.8 Å². The molecule has 1 aromatic carbocycles. The molecule has 19 heavy (non-hydrogen) atoms. The zero-order chi connectivity index (χ0) is 13.8. The summed E-state index contributed by atoms with van der Waals surface area (Å²) in [6.07, 6.45) is 1.34. The first-order valence-electron chi connectivity index (χ1n) is 5.37. The van der Waals surface area contributed by atoms with E-state index < -0.39 is 5.97 Å². The summed E-state index contributed by atoms with van der Waals surface area (Å²) in [5.74, 6) is -1.46. The molecule has 0 aliphatic carbocycles. The summed E-state index contributed by atoms with van der Waals surface area (Å²) in [6, 6.07) is 8.42. The number of nitrogens with zero attached hydrogens (tertiary/aromatic N) is 2. The average Bonchev–Trinajstić information content (AvgIpc) is 2.80. The van der Waals surface area contributed by atoms with Crippen LogP contribution in [0.3, 0.4) is 0 Å². The molecular weight excluding hydrogens is 314 g/mol. The van der Waals surface area contributed by atoms with Crippen LogP contribution in [0.1, 0.15) is 10.5 Å². The Balaban J connectivity index is 2.03. The molecule has 6 nitrogen and oxygen atoms in total. The Bertz CT molecular complexity index is 607. The third-order valence-corrected chi connectivity index (χ3v) is 2.89. The van der Waals surface area contributed by atoms with E-state index in [1.54, 1.807) is 24.3 Å². The highest BCUT2D eigenvalue weighted by molar-refractivity contribution is 9.10. The molecule has 0 saturated carbocycles. The van der Waals surface area contributed by atoms with Crippen molar-refractivity contribution in [2.24, 2.45) is 0 Å². The Labute approximate surface area is 117 Å². The topological polar surface area (TPSA) is 84.2 Å². The maximum absolute atomic E-state index is 11.8. The van der Waals surface area contributed by atoms with Crippen LogP contribution in [0.15, 0.2) is 41.0 Å². The molecule has 0 unspecified atom stereocenters. The zero-order valence-corrected chi connectivity index (χ0v) is 11.3. The quantitative estimate of drug-likeness (QED) is 0.901. The molecule has 0 radical (unpaired) electrons. The second kappa shape index (κ2) is 5.66. The van der Waals surface area contributed by atoms with E-state index in [0.717, 1.165) is 9.15 Å². The number of carbonyl (C=O) groups is 2. The van der Waals surface area contributed by atoms with Crippen molar-refractivity contribution in [3.63, 3.8) is 0 Å². The summed E-state index contributed by atoms with van der Waals surface area (Å²) in [6.45, 7) is -0.148. The lowest BCUT2D eigenvalue weighted by Gasteiger charge is -2.06. The Kier molecular flexibility index (Phi) is 3.96. The van der Waals surface area contributed by atoms with Gasteiger partial charge in [-0.2, -0.15) is 5.10 Å². The van der Waals surface area contributed by atoms with Crippen LogP contribution in [-0.2, 0) is 11.3 Å². The molecule has 7 heteroatoms. The number of carboxylic acid groups (broad SMARTS) is 1. The van der Waals surface area contributed by atoms with Crippen molar-refractivity contribution in [2.75, 3.05) is 5.32 Å². The number of rotatable bonds is 4. The number of hydrogen-bond acceptors (Lipinski definition) is 3. The second-order valence-corrected chi connectivity index (χ2v) is 4.65. The minimum atomic E-state index is -1.12. The van der Waals surface area contributed by atoms with Gasteiger partial charge in [0.15, 0.2) is 0 Å². The second-order valence-electron chi connectivity index (χ2n) is 3.73. The van der Waals surface area contributed by atoms with Gasteiger partial charge in [0.1, 0.15) is 12.2 Å². The number of carbonyl (C=O) groups excluding carboxylic acids is 1. The molecule has 0 aliphatic rings. The lowest BCUT2D eigenvalue weighted by Crippen LogP contribution is -2.22. The van der Waals surface area contributed by atoms with Crippen molar-refractivity contribution < 1.29 is 14.7 Å². The van der Waals surface area contributed by atoms with Crippen LogP contribution in [0.2, 0.25) is 0 Å². The monoisotopic (exact) mass is 323 g/mol. The van der Waals surface area contributed by atoms with E-state index >= 15 is 0 Å². The third-order valence-electron chi connectivity index (χ3n) is 2.36. The number of amides is 1. The molecule has 1 aromatic heterocycles. The van der Waals surface area contributed by atoms with Crippen molar-refractivity contribution in [3.8, 4) is 0 Å². The van der Waals surface area contributed by atoms with Crippen LogP contribution in [0.4, 0.5) is 5.69 Å². The number of benzene rings is 1. The minimum absolute atomic E-state index is 0.0223. The summed E-state index contributed by atoms with van der Waals surface area (Å²) < 4.78 is 2.04. The average molecular weight is 324 g/mol. The highest BCUT2D eigenvalue weighted by Crippen LogP contribution is 2.14. The van der Waals surface area contributed by atoms with Gasteiger partial charge in [0, 0.05) is 16.4 Å². The first kappa shape index (κ1) is 13.3. The molecule has 2 aromatic rings. The molecule has 98 valence electrons. The van der Waals surface area contributed by atoms with E-state index in [4.69, 9.17) is 5.11 Å². The van der Waals surface area contributed by atoms with Gasteiger partial charge >= 0.3 is 5.97 Å². The van der Waals surface area contributed by atoms with Gasteiger partial charge in [-0.15, -0.1) is 0 Å². The SMILES string of the molecule is O=C(Cn1nccc1C(=O)O)Nc1ccc(Br)cc1. The Morgan fingerprint density at radius 2 is 1.95 bits per heavy atom. The van der Waals surface area contributed by atoms with Crippen LogP contribution >= 0.6 is 15.9 Å². The molecule has 0 bridgehead atoms. The number of nitrogens with one attached hydrogen (secondary N) is 1. The van der Waals surface area contributed by atoms with Crippen LogP contribution < -0.4 is 5.32 Å². The number of aromatic carboxylic acids is 1.